The van der Waals surface area contributed by atoms with Gasteiger partial charge in [-0.15, -0.1) is 0 Å². The molecule has 1 saturated heterocycles. The molecule has 1 N–H and O–H groups in total. The van der Waals surface area contributed by atoms with Gasteiger partial charge in [0.1, 0.15) is 4.90 Å². The lowest BCUT2D eigenvalue weighted by Crippen LogP contribution is -2.39. The molecular weight excluding hydrogens is 382 g/mol. The van der Waals surface area contributed by atoms with Crippen molar-refractivity contribution in [2.45, 2.75) is 4.90 Å². The van der Waals surface area contributed by atoms with Gasteiger partial charge in [-0.1, -0.05) is 11.6 Å². The predicted molar refractivity (Wildman–Crippen MR) is 97.5 cm³/mol. The summed E-state index contributed by atoms with van der Waals surface area (Å²) in [5, 5.41) is 2.57. The Morgan fingerprint density at radius 3 is 2.50 bits per heavy atom. The lowest BCUT2D eigenvalue weighted by Gasteiger charge is -2.25. The number of sulfonamides is 1. The van der Waals surface area contributed by atoms with Crippen molar-refractivity contribution in [1.82, 2.24) is 9.21 Å². The number of hydrogen-bond donors (Lipinski definition) is 1. The van der Waals surface area contributed by atoms with E-state index in [9.17, 15) is 18.0 Å². The Bertz CT molecular complexity index is 817. The van der Waals surface area contributed by atoms with Crippen LogP contribution in [0, 0.1) is 0 Å². The van der Waals surface area contributed by atoms with Gasteiger partial charge >= 0.3 is 0 Å². The highest BCUT2D eigenvalue weighted by molar-refractivity contribution is 7.89. The summed E-state index contributed by atoms with van der Waals surface area (Å²) in [6.07, 6.45) is 2.28. The molecule has 2 rings (SSSR count). The highest BCUT2D eigenvalue weighted by Crippen LogP contribution is 2.26. The number of nitrogens with zero attached hydrogens (tertiary/aromatic N) is 2. The van der Waals surface area contributed by atoms with Gasteiger partial charge in [0.05, 0.1) is 18.2 Å². The van der Waals surface area contributed by atoms with Gasteiger partial charge in [-0.05, 0) is 18.2 Å². The molecule has 1 aromatic rings. The smallest absolute Gasteiger partial charge is 0.248 e. The number of nitrogens with one attached hydrogen (secondary N) is 1. The van der Waals surface area contributed by atoms with E-state index in [4.69, 9.17) is 16.3 Å². The third kappa shape index (κ3) is 5.04. The van der Waals surface area contributed by atoms with Crippen LogP contribution < -0.4 is 5.32 Å². The first-order chi connectivity index (χ1) is 12.2. The van der Waals surface area contributed by atoms with Crippen molar-refractivity contribution in [3.8, 4) is 0 Å². The van der Waals surface area contributed by atoms with Gasteiger partial charge in [-0.25, -0.2) is 12.7 Å². The third-order valence-corrected chi connectivity index (χ3v) is 5.95. The van der Waals surface area contributed by atoms with Gasteiger partial charge < -0.3 is 15.0 Å². The number of carbonyl (C=O) groups is 2. The molecule has 0 aromatic heterocycles. The van der Waals surface area contributed by atoms with E-state index in [-0.39, 0.29) is 21.5 Å². The second kappa shape index (κ2) is 8.63. The fourth-order valence-corrected chi connectivity index (χ4v) is 3.59. The molecule has 26 heavy (non-hydrogen) atoms. The largest absolute Gasteiger partial charge is 0.378 e. The van der Waals surface area contributed by atoms with E-state index in [2.05, 4.69) is 5.32 Å². The molecule has 0 radical (unpaired) electrons. The van der Waals surface area contributed by atoms with Crippen LogP contribution in [0.25, 0.3) is 0 Å². The first-order valence-electron chi connectivity index (χ1n) is 7.79. The minimum atomic E-state index is -3.75. The molecule has 0 atom stereocenters. The van der Waals surface area contributed by atoms with Gasteiger partial charge in [0.2, 0.25) is 21.8 Å². The van der Waals surface area contributed by atoms with Crippen LogP contribution in [-0.4, -0.2) is 69.8 Å². The summed E-state index contributed by atoms with van der Waals surface area (Å²) in [4.78, 5) is 25.4. The standard InChI is InChI=1S/C16H20ClN3O5S/c1-19(2)26(23,24)14-11-12(3-4-13(14)17)18-15(21)5-6-16(22)20-7-9-25-10-8-20/h3-6,11H,7-10H2,1-2H3,(H,18,21)/b6-5+. The fraction of sp³-hybridized carbons (Fsp3) is 0.375. The van der Waals surface area contributed by atoms with Crippen LogP contribution in [0.4, 0.5) is 5.69 Å². The molecular formula is C16H20ClN3O5S. The quantitative estimate of drug-likeness (QED) is 0.741. The molecule has 142 valence electrons. The summed E-state index contributed by atoms with van der Waals surface area (Å²) >= 11 is 5.96. The Morgan fingerprint density at radius 2 is 1.88 bits per heavy atom. The number of halogens is 1. The highest BCUT2D eigenvalue weighted by Gasteiger charge is 2.21. The number of hydrogen-bond acceptors (Lipinski definition) is 5. The van der Waals surface area contributed by atoms with Gasteiger partial charge in [0.15, 0.2) is 0 Å². The Labute approximate surface area is 157 Å². The lowest BCUT2D eigenvalue weighted by molar-refractivity contribution is -0.130. The molecule has 0 bridgehead atoms. The first-order valence-corrected chi connectivity index (χ1v) is 9.61. The molecule has 0 saturated carbocycles. The van der Waals surface area contributed by atoms with Crippen molar-refractivity contribution in [2.24, 2.45) is 0 Å². The van der Waals surface area contributed by atoms with Crippen LogP contribution in [0.2, 0.25) is 5.02 Å². The number of morpholine rings is 1. The summed E-state index contributed by atoms with van der Waals surface area (Å²) in [6, 6.07) is 4.13. The van der Waals surface area contributed by atoms with Crippen LogP contribution in [0.1, 0.15) is 0 Å². The SMILES string of the molecule is CN(C)S(=O)(=O)c1cc(NC(=O)/C=C/C(=O)N2CCOCC2)ccc1Cl. The van der Waals surface area contributed by atoms with Gasteiger partial charge in [-0.3, -0.25) is 9.59 Å². The van der Waals surface area contributed by atoms with Gasteiger partial charge in [0, 0.05) is 45.0 Å². The zero-order valence-electron chi connectivity index (χ0n) is 14.4. The van der Waals surface area contributed by atoms with E-state index in [1.165, 1.54) is 38.4 Å². The fourth-order valence-electron chi connectivity index (χ4n) is 2.20. The lowest BCUT2D eigenvalue weighted by atomic mass is 10.3. The molecule has 0 aliphatic carbocycles. The van der Waals surface area contributed by atoms with E-state index in [1.807, 2.05) is 0 Å². The number of carbonyl (C=O) groups excluding carboxylic acids is 2. The monoisotopic (exact) mass is 401 g/mol. The molecule has 8 nitrogen and oxygen atoms in total. The van der Waals surface area contributed by atoms with Crippen LogP contribution >= 0.6 is 11.6 Å². The maximum absolute atomic E-state index is 12.2. The molecule has 1 heterocycles. The number of benzene rings is 1. The minimum Gasteiger partial charge on any atom is -0.378 e. The predicted octanol–water partition coefficient (Wildman–Crippen LogP) is 0.944. The molecule has 1 aliphatic rings. The topological polar surface area (TPSA) is 96.0 Å². The number of rotatable bonds is 5. The maximum atomic E-state index is 12.2. The Balaban J connectivity index is 2.07. The van der Waals surface area contributed by atoms with Crippen molar-refractivity contribution in [3.05, 3.63) is 35.4 Å². The summed E-state index contributed by atoms with van der Waals surface area (Å²) < 4.78 is 30.7. The van der Waals surface area contributed by atoms with Crippen molar-refractivity contribution in [2.75, 3.05) is 45.7 Å². The third-order valence-electron chi connectivity index (χ3n) is 3.66. The van der Waals surface area contributed by atoms with Crippen LogP contribution in [-0.2, 0) is 24.3 Å². The van der Waals surface area contributed by atoms with Crippen molar-refractivity contribution in [3.63, 3.8) is 0 Å². The summed E-state index contributed by atoms with van der Waals surface area (Å²) in [6.45, 7) is 1.90. The molecule has 1 aromatic carbocycles. The van der Waals surface area contributed by atoms with Crippen molar-refractivity contribution in [1.29, 1.82) is 0 Å². The van der Waals surface area contributed by atoms with Crippen LogP contribution in [0.5, 0.6) is 0 Å². The van der Waals surface area contributed by atoms with Crippen LogP contribution in [0.3, 0.4) is 0 Å². The first kappa shape index (κ1) is 20.4. The molecule has 1 aliphatic heterocycles. The zero-order chi connectivity index (χ0) is 19.3. The van der Waals surface area contributed by atoms with Crippen molar-refractivity contribution >= 4 is 39.1 Å². The molecule has 1 fully saturated rings. The van der Waals surface area contributed by atoms with E-state index in [1.54, 1.807) is 4.90 Å². The van der Waals surface area contributed by atoms with Gasteiger partial charge in [0.25, 0.3) is 0 Å². The Hall–Kier alpha value is -1.94. The Morgan fingerprint density at radius 1 is 1.23 bits per heavy atom. The zero-order valence-corrected chi connectivity index (χ0v) is 16.0. The normalized spacial score (nSPS) is 15.5. The van der Waals surface area contributed by atoms with E-state index < -0.39 is 15.9 Å². The van der Waals surface area contributed by atoms with E-state index >= 15 is 0 Å². The van der Waals surface area contributed by atoms with Gasteiger partial charge in [-0.2, -0.15) is 0 Å². The molecule has 0 unspecified atom stereocenters. The minimum absolute atomic E-state index is 0.0507. The second-order valence-corrected chi connectivity index (χ2v) is 8.22. The number of amides is 2. The number of anilines is 1. The average molecular weight is 402 g/mol. The summed E-state index contributed by atoms with van der Waals surface area (Å²) in [7, 11) is -0.975. The average Bonchev–Trinajstić information content (AvgIpc) is 2.61. The van der Waals surface area contributed by atoms with E-state index in [0.717, 1.165) is 10.4 Å². The molecule has 10 heteroatoms. The molecule has 0 spiro atoms. The van der Waals surface area contributed by atoms with Crippen LogP contribution in [0.15, 0.2) is 35.2 Å². The molecule has 2 amide bonds. The number of ether oxygens (including phenoxy) is 1. The highest BCUT2D eigenvalue weighted by atomic mass is 35.5. The van der Waals surface area contributed by atoms with E-state index in [0.29, 0.717) is 26.3 Å². The Kier molecular flexibility index (Phi) is 6.76. The summed E-state index contributed by atoms with van der Waals surface area (Å²) in [5.41, 5.74) is 0.253. The maximum Gasteiger partial charge on any atom is 0.248 e. The van der Waals surface area contributed by atoms with Crippen molar-refractivity contribution < 1.29 is 22.7 Å². The second-order valence-electron chi connectivity index (χ2n) is 5.69. The summed E-state index contributed by atoms with van der Waals surface area (Å²) in [5.74, 6) is -0.836.